The Hall–Kier alpha value is -1.88. The Labute approximate surface area is 118 Å². The molecule has 5 heteroatoms. The number of carboxylic acid groups (broad SMARTS) is 1. The van der Waals surface area contributed by atoms with Crippen molar-refractivity contribution in [3.05, 3.63) is 34.9 Å². The number of methoxy groups -OCH3 is 1. The molecule has 0 aromatic heterocycles. The number of ether oxygens (including phenoxy) is 1. The minimum absolute atomic E-state index is 0.125. The highest BCUT2D eigenvalue weighted by molar-refractivity contribution is 5.79. The molecule has 0 aliphatic carbocycles. The molecule has 0 radical (unpaired) electrons. The number of hydrogen-bond acceptors (Lipinski definition) is 3. The van der Waals surface area contributed by atoms with E-state index in [1.807, 2.05) is 32.0 Å². The smallest absolute Gasteiger partial charge is 0.306 e. The third-order valence-electron chi connectivity index (χ3n) is 3.12. The van der Waals surface area contributed by atoms with Crippen molar-refractivity contribution in [1.29, 1.82) is 0 Å². The van der Waals surface area contributed by atoms with Gasteiger partial charge in [-0.3, -0.25) is 9.59 Å². The Morgan fingerprint density at radius 2 is 2.05 bits per heavy atom. The van der Waals surface area contributed by atoms with Gasteiger partial charge in [-0.25, -0.2) is 0 Å². The first-order chi connectivity index (χ1) is 9.42. The fraction of sp³-hybridized carbons (Fsp3) is 0.467. The fourth-order valence-electron chi connectivity index (χ4n) is 1.89. The number of nitrogens with one attached hydrogen (secondary N) is 1. The van der Waals surface area contributed by atoms with Crippen molar-refractivity contribution in [3.8, 4) is 0 Å². The van der Waals surface area contributed by atoms with Crippen LogP contribution in [-0.2, 0) is 20.7 Å². The molecule has 0 spiro atoms. The van der Waals surface area contributed by atoms with E-state index in [1.54, 1.807) is 0 Å². The van der Waals surface area contributed by atoms with E-state index in [0.717, 1.165) is 16.7 Å². The maximum atomic E-state index is 11.9. The molecule has 0 aliphatic heterocycles. The molecule has 2 N–H and O–H groups in total. The Morgan fingerprint density at radius 3 is 2.65 bits per heavy atom. The first-order valence-corrected chi connectivity index (χ1v) is 6.49. The van der Waals surface area contributed by atoms with Gasteiger partial charge in [0, 0.05) is 13.7 Å². The van der Waals surface area contributed by atoms with Crippen LogP contribution in [0.4, 0.5) is 0 Å². The molecule has 0 fully saturated rings. The molecule has 1 aromatic rings. The highest BCUT2D eigenvalue weighted by atomic mass is 16.5. The minimum Gasteiger partial charge on any atom is -0.481 e. The average Bonchev–Trinajstić information content (AvgIpc) is 2.38. The zero-order valence-electron chi connectivity index (χ0n) is 12.1. The van der Waals surface area contributed by atoms with Gasteiger partial charge < -0.3 is 15.2 Å². The molecule has 0 heterocycles. The maximum Gasteiger partial charge on any atom is 0.306 e. The number of benzene rings is 1. The van der Waals surface area contributed by atoms with E-state index in [0.29, 0.717) is 0 Å². The van der Waals surface area contributed by atoms with Crippen LogP contribution < -0.4 is 5.32 Å². The highest BCUT2D eigenvalue weighted by Gasteiger charge is 2.14. The van der Waals surface area contributed by atoms with Crippen molar-refractivity contribution in [3.63, 3.8) is 0 Å². The number of aliphatic carboxylic acids is 1. The van der Waals surface area contributed by atoms with Gasteiger partial charge in [0.25, 0.3) is 0 Å². The Bertz CT molecular complexity index is 485. The van der Waals surface area contributed by atoms with Crippen molar-refractivity contribution in [2.75, 3.05) is 13.7 Å². The highest BCUT2D eigenvalue weighted by Crippen LogP contribution is 2.11. The summed E-state index contributed by atoms with van der Waals surface area (Å²) >= 11 is 0. The van der Waals surface area contributed by atoms with E-state index in [4.69, 9.17) is 9.84 Å². The number of hydrogen-bond donors (Lipinski definition) is 2. The zero-order chi connectivity index (χ0) is 15.1. The molecule has 0 saturated heterocycles. The summed E-state index contributed by atoms with van der Waals surface area (Å²) in [6, 6.07) is 5.98. The van der Waals surface area contributed by atoms with Gasteiger partial charge in [0.1, 0.15) is 0 Å². The second-order valence-corrected chi connectivity index (χ2v) is 4.87. The van der Waals surface area contributed by atoms with Crippen LogP contribution in [0.25, 0.3) is 0 Å². The van der Waals surface area contributed by atoms with Crippen LogP contribution >= 0.6 is 0 Å². The van der Waals surface area contributed by atoms with Crippen LogP contribution in [0.15, 0.2) is 18.2 Å². The second-order valence-electron chi connectivity index (χ2n) is 4.87. The number of aryl methyl sites for hydroxylation is 2. The Kier molecular flexibility index (Phi) is 6.18. The molecule has 1 rings (SSSR count). The van der Waals surface area contributed by atoms with E-state index >= 15 is 0 Å². The van der Waals surface area contributed by atoms with Crippen molar-refractivity contribution < 1.29 is 19.4 Å². The predicted octanol–water partition coefficient (Wildman–Crippen LogP) is 1.45. The van der Waals surface area contributed by atoms with Gasteiger partial charge in [0.05, 0.1) is 18.9 Å². The summed E-state index contributed by atoms with van der Waals surface area (Å²) < 4.78 is 5.01. The summed E-state index contributed by atoms with van der Waals surface area (Å²) in [4.78, 5) is 22.5. The van der Waals surface area contributed by atoms with Gasteiger partial charge in [-0.15, -0.1) is 0 Å². The molecule has 1 atom stereocenters. The molecule has 1 amide bonds. The summed E-state index contributed by atoms with van der Waals surface area (Å²) in [5, 5.41) is 11.4. The molecule has 0 saturated carbocycles. The fourth-order valence-corrected chi connectivity index (χ4v) is 1.89. The molecule has 1 unspecified atom stereocenters. The van der Waals surface area contributed by atoms with Crippen LogP contribution in [0.1, 0.15) is 23.1 Å². The lowest BCUT2D eigenvalue weighted by Gasteiger charge is -2.14. The Balaban J connectivity index is 2.51. The van der Waals surface area contributed by atoms with Crippen LogP contribution in [0, 0.1) is 13.8 Å². The number of carbonyl (C=O) groups is 2. The second kappa shape index (κ2) is 7.65. The van der Waals surface area contributed by atoms with E-state index in [1.165, 1.54) is 7.11 Å². The third-order valence-corrected chi connectivity index (χ3v) is 3.12. The van der Waals surface area contributed by atoms with Gasteiger partial charge in [-0.2, -0.15) is 0 Å². The van der Waals surface area contributed by atoms with Crippen LogP contribution in [0.3, 0.4) is 0 Å². The standard InChI is InChI=1S/C15H21NO4/c1-10-4-5-11(2)12(6-10)7-14(17)16-9-13(20-3)8-15(18)19/h4-6,13H,7-9H2,1-3H3,(H,16,17)(H,18,19). The van der Waals surface area contributed by atoms with Crippen molar-refractivity contribution in [2.24, 2.45) is 0 Å². The first kappa shape index (κ1) is 16.2. The average molecular weight is 279 g/mol. The van der Waals surface area contributed by atoms with Gasteiger partial charge >= 0.3 is 5.97 Å². The number of carbonyl (C=O) groups excluding carboxylic acids is 1. The van der Waals surface area contributed by atoms with E-state index < -0.39 is 12.1 Å². The molecular formula is C15H21NO4. The van der Waals surface area contributed by atoms with Crippen molar-refractivity contribution in [1.82, 2.24) is 5.32 Å². The lowest BCUT2D eigenvalue weighted by atomic mass is 10.0. The summed E-state index contributed by atoms with van der Waals surface area (Å²) in [5.74, 6) is -1.08. The quantitative estimate of drug-likeness (QED) is 0.792. The number of carboxylic acids is 1. The molecule has 0 aliphatic rings. The van der Waals surface area contributed by atoms with E-state index in [-0.39, 0.29) is 25.3 Å². The van der Waals surface area contributed by atoms with Crippen LogP contribution in [0.5, 0.6) is 0 Å². The minimum atomic E-state index is -0.944. The maximum absolute atomic E-state index is 11.9. The van der Waals surface area contributed by atoms with Gasteiger partial charge in [-0.1, -0.05) is 23.8 Å². The Morgan fingerprint density at radius 1 is 1.35 bits per heavy atom. The van der Waals surface area contributed by atoms with E-state index in [9.17, 15) is 9.59 Å². The van der Waals surface area contributed by atoms with E-state index in [2.05, 4.69) is 5.32 Å². The summed E-state index contributed by atoms with van der Waals surface area (Å²) in [5.41, 5.74) is 3.16. The molecular weight excluding hydrogens is 258 g/mol. The lowest BCUT2D eigenvalue weighted by molar-refractivity contribution is -0.140. The lowest BCUT2D eigenvalue weighted by Crippen LogP contribution is -2.35. The summed E-state index contributed by atoms with van der Waals surface area (Å²) in [6.45, 7) is 4.14. The number of rotatable bonds is 7. The topological polar surface area (TPSA) is 75.6 Å². The van der Waals surface area contributed by atoms with Gasteiger partial charge in [0.2, 0.25) is 5.91 Å². The molecule has 110 valence electrons. The monoisotopic (exact) mass is 279 g/mol. The predicted molar refractivity (Wildman–Crippen MR) is 75.7 cm³/mol. The zero-order valence-corrected chi connectivity index (χ0v) is 12.1. The molecule has 1 aromatic carbocycles. The number of amides is 1. The van der Waals surface area contributed by atoms with Crippen molar-refractivity contribution in [2.45, 2.75) is 32.8 Å². The molecule has 20 heavy (non-hydrogen) atoms. The van der Waals surface area contributed by atoms with Gasteiger partial charge in [-0.05, 0) is 25.0 Å². The van der Waals surface area contributed by atoms with Crippen LogP contribution in [0.2, 0.25) is 0 Å². The molecule has 5 nitrogen and oxygen atoms in total. The van der Waals surface area contributed by atoms with Crippen molar-refractivity contribution >= 4 is 11.9 Å². The van der Waals surface area contributed by atoms with Crippen LogP contribution in [-0.4, -0.2) is 36.7 Å². The molecule has 0 bridgehead atoms. The third kappa shape index (κ3) is 5.40. The summed E-state index contributed by atoms with van der Waals surface area (Å²) in [6.07, 6.45) is -0.341. The normalized spacial score (nSPS) is 11.9. The SMILES string of the molecule is COC(CNC(=O)Cc1cc(C)ccc1C)CC(=O)O. The first-order valence-electron chi connectivity index (χ1n) is 6.49. The summed E-state index contributed by atoms with van der Waals surface area (Å²) in [7, 11) is 1.43. The largest absolute Gasteiger partial charge is 0.481 e. The van der Waals surface area contributed by atoms with Gasteiger partial charge in [0.15, 0.2) is 0 Å².